The Kier molecular flexibility index (Phi) is 6.80. The molecule has 6 nitrogen and oxygen atoms in total. The largest absolute Gasteiger partial charge is 0.349 e. The second-order valence-corrected chi connectivity index (χ2v) is 8.50. The number of hydrogen-bond donors (Lipinski definition) is 1. The first-order valence-corrected chi connectivity index (χ1v) is 10.5. The zero-order valence-corrected chi connectivity index (χ0v) is 17.6. The minimum Gasteiger partial charge on any atom is -0.349 e. The van der Waals surface area contributed by atoms with Gasteiger partial charge >= 0.3 is 0 Å². The molecular weight excluding hydrogens is 372 g/mol. The van der Waals surface area contributed by atoms with Crippen molar-refractivity contribution in [2.75, 3.05) is 32.5 Å². The summed E-state index contributed by atoms with van der Waals surface area (Å²) in [5.41, 5.74) is 2.90. The molecule has 0 spiro atoms. The van der Waals surface area contributed by atoms with E-state index in [0.29, 0.717) is 6.42 Å². The highest BCUT2D eigenvalue weighted by Crippen LogP contribution is 2.21. The maximum Gasteiger partial charge on any atom is 0.231 e. The van der Waals surface area contributed by atoms with Crippen molar-refractivity contribution in [2.24, 2.45) is 5.92 Å². The van der Waals surface area contributed by atoms with Crippen LogP contribution in [0.3, 0.4) is 0 Å². The molecule has 0 aliphatic carbocycles. The van der Waals surface area contributed by atoms with E-state index in [4.69, 9.17) is 0 Å². The summed E-state index contributed by atoms with van der Waals surface area (Å²) >= 11 is 1.53. The van der Waals surface area contributed by atoms with Crippen LogP contribution in [0.5, 0.6) is 0 Å². The number of piperidine rings is 1. The number of rotatable bonds is 6. The average Bonchev–Trinajstić information content (AvgIpc) is 3.10. The zero-order chi connectivity index (χ0) is 20.1. The predicted octanol–water partition coefficient (Wildman–Crippen LogP) is 2.93. The summed E-state index contributed by atoms with van der Waals surface area (Å²) in [5.74, 6) is 0.329. The summed E-state index contributed by atoms with van der Waals surface area (Å²) in [5, 5.41) is 5.82. The Morgan fingerprint density at radius 3 is 2.64 bits per heavy atom. The van der Waals surface area contributed by atoms with Crippen LogP contribution in [0, 0.1) is 12.8 Å². The molecular formula is C21H28N4O2S. The fraction of sp³-hybridized carbons (Fsp3) is 0.476. The van der Waals surface area contributed by atoms with Gasteiger partial charge in [0.15, 0.2) is 0 Å². The van der Waals surface area contributed by atoms with Crippen LogP contribution < -0.4 is 5.32 Å². The summed E-state index contributed by atoms with van der Waals surface area (Å²) in [7, 11) is 3.64. The van der Waals surface area contributed by atoms with E-state index in [1.807, 2.05) is 50.7 Å². The van der Waals surface area contributed by atoms with Gasteiger partial charge in [-0.2, -0.15) is 0 Å². The van der Waals surface area contributed by atoms with E-state index in [1.54, 1.807) is 4.90 Å². The number of benzene rings is 1. The molecule has 3 rings (SSSR count). The fourth-order valence-corrected chi connectivity index (χ4v) is 4.26. The van der Waals surface area contributed by atoms with Crippen molar-refractivity contribution in [2.45, 2.75) is 32.7 Å². The van der Waals surface area contributed by atoms with E-state index in [0.717, 1.165) is 54.4 Å². The van der Waals surface area contributed by atoms with Crippen LogP contribution in [-0.2, 0) is 22.6 Å². The number of carbonyl (C=O) groups excluding carboxylic acids is 2. The molecule has 1 fully saturated rings. The molecule has 2 amide bonds. The molecule has 0 bridgehead atoms. The number of aryl methyl sites for hydroxylation is 1. The lowest BCUT2D eigenvalue weighted by atomic mass is 9.95. The molecule has 0 unspecified atom stereocenters. The van der Waals surface area contributed by atoms with Gasteiger partial charge in [-0.05, 0) is 44.5 Å². The second-order valence-electron chi connectivity index (χ2n) is 7.56. The van der Waals surface area contributed by atoms with E-state index < -0.39 is 0 Å². The van der Waals surface area contributed by atoms with Gasteiger partial charge in [0, 0.05) is 37.6 Å². The van der Waals surface area contributed by atoms with Gasteiger partial charge in [-0.3, -0.25) is 14.5 Å². The summed E-state index contributed by atoms with van der Waals surface area (Å²) in [6.45, 7) is 4.57. The number of para-hydroxylation sites is 1. The highest BCUT2D eigenvalue weighted by molar-refractivity contribution is 7.09. The highest BCUT2D eigenvalue weighted by Gasteiger charge is 2.26. The van der Waals surface area contributed by atoms with Crippen molar-refractivity contribution in [1.29, 1.82) is 0 Å². The molecule has 1 N–H and O–H groups in total. The van der Waals surface area contributed by atoms with Gasteiger partial charge in [0.05, 0.1) is 12.1 Å². The van der Waals surface area contributed by atoms with Crippen molar-refractivity contribution in [3.05, 3.63) is 45.9 Å². The molecule has 0 atom stereocenters. The number of amides is 2. The number of thiazole rings is 1. The van der Waals surface area contributed by atoms with Crippen molar-refractivity contribution in [3.63, 3.8) is 0 Å². The Morgan fingerprint density at radius 1 is 1.25 bits per heavy atom. The summed E-state index contributed by atoms with van der Waals surface area (Å²) in [6.07, 6.45) is 2.08. The fourth-order valence-electron chi connectivity index (χ4n) is 3.48. The number of anilines is 1. The average molecular weight is 401 g/mol. The Bertz CT molecular complexity index is 825. The van der Waals surface area contributed by atoms with Crippen LogP contribution in [0.4, 0.5) is 5.69 Å². The van der Waals surface area contributed by atoms with Crippen LogP contribution in [0.1, 0.15) is 29.1 Å². The minimum atomic E-state index is -0.0433. The minimum absolute atomic E-state index is 0.0433. The predicted molar refractivity (Wildman–Crippen MR) is 112 cm³/mol. The maximum absolute atomic E-state index is 12.3. The Balaban J connectivity index is 1.48. The summed E-state index contributed by atoms with van der Waals surface area (Å²) in [4.78, 5) is 33.0. The molecule has 1 aliphatic rings. The molecule has 1 aliphatic heterocycles. The van der Waals surface area contributed by atoms with E-state index >= 15 is 0 Å². The zero-order valence-electron chi connectivity index (χ0n) is 16.8. The van der Waals surface area contributed by atoms with Crippen LogP contribution >= 0.6 is 11.3 Å². The van der Waals surface area contributed by atoms with Crippen molar-refractivity contribution >= 4 is 28.8 Å². The number of hydrogen-bond acceptors (Lipinski definition) is 5. The molecule has 1 saturated heterocycles. The van der Waals surface area contributed by atoms with E-state index in [9.17, 15) is 9.59 Å². The highest BCUT2D eigenvalue weighted by atomic mass is 32.1. The first-order valence-electron chi connectivity index (χ1n) is 9.64. The third-order valence-electron chi connectivity index (χ3n) is 5.09. The molecule has 1 aromatic heterocycles. The molecule has 28 heavy (non-hydrogen) atoms. The van der Waals surface area contributed by atoms with Crippen LogP contribution in [-0.4, -0.2) is 53.8 Å². The summed E-state index contributed by atoms with van der Waals surface area (Å²) in [6, 6.07) is 7.76. The molecule has 0 radical (unpaired) electrons. The third-order valence-corrected chi connectivity index (χ3v) is 5.99. The quantitative estimate of drug-likeness (QED) is 0.810. The third kappa shape index (κ3) is 5.39. The molecule has 7 heteroatoms. The SMILES string of the molecule is Cc1ccccc1NC(=O)Cc1nc(CN2CCC(C(=O)N(C)C)CC2)cs1. The lowest BCUT2D eigenvalue weighted by Gasteiger charge is -2.31. The number of carbonyl (C=O) groups is 2. The van der Waals surface area contributed by atoms with E-state index in [-0.39, 0.29) is 17.7 Å². The van der Waals surface area contributed by atoms with Crippen molar-refractivity contribution in [3.8, 4) is 0 Å². The van der Waals surface area contributed by atoms with Gasteiger partial charge in [0.2, 0.25) is 11.8 Å². The molecule has 0 saturated carbocycles. The van der Waals surface area contributed by atoms with Gasteiger partial charge in [-0.1, -0.05) is 18.2 Å². The van der Waals surface area contributed by atoms with Gasteiger partial charge in [-0.25, -0.2) is 4.98 Å². The lowest BCUT2D eigenvalue weighted by molar-refractivity contribution is -0.134. The van der Waals surface area contributed by atoms with Gasteiger partial charge < -0.3 is 10.2 Å². The summed E-state index contributed by atoms with van der Waals surface area (Å²) < 4.78 is 0. The van der Waals surface area contributed by atoms with E-state index in [2.05, 4.69) is 15.2 Å². The Labute approximate surface area is 170 Å². The number of nitrogens with zero attached hydrogens (tertiary/aromatic N) is 3. The van der Waals surface area contributed by atoms with Gasteiger partial charge in [0.25, 0.3) is 0 Å². The number of nitrogens with one attached hydrogen (secondary N) is 1. The van der Waals surface area contributed by atoms with Crippen LogP contribution in [0.25, 0.3) is 0 Å². The van der Waals surface area contributed by atoms with Crippen LogP contribution in [0.2, 0.25) is 0 Å². The van der Waals surface area contributed by atoms with E-state index in [1.165, 1.54) is 11.3 Å². The molecule has 2 heterocycles. The van der Waals surface area contributed by atoms with Crippen molar-refractivity contribution in [1.82, 2.24) is 14.8 Å². The lowest BCUT2D eigenvalue weighted by Crippen LogP contribution is -2.39. The monoisotopic (exact) mass is 400 g/mol. The first-order chi connectivity index (χ1) is 13.4. The van der Waals surface area contributed by atoms with Gasteiger partial charge in [-0.15, -0.1) is 11.3 Å². The molecule has 2 aromatic rings. The number of aromatic nitrogens is 1. The standard InChI is InChI=1S/C21H28N4O2S/c1-15-6-4-5-7-18(15)23-19(26)12-20-22-17(14-28-20)13-25-10-8-16(9-11-25)21(27)24(2)3/h4-7,14,16H,8-13H2,1-3H3,(H,23,26). The first kappa shape index (κ1) is 20.5. The second kappa shape index (κ2) is 9.30. The van der Waals surface area contributed by atoms with Gasteiger partial charge in [0.1, 0.15) is 5.01 Å². The topological polar surface area (TPSA) is 65.5 Å². The van der Waals surface area contributed by atoms with Crippen LogP contribution in [0.15, 0.2) is 29.6 Å². The maximum atomic E-state index is 12.3. The molecule has 150 valence electrons. The number of likely N-dealkylation sites (tertiary alicyclic amines) is 1. The van der Waals surface area contributed by atoms with Crippen molar-refractivity contribution < 1.29 is 9.59 Å². The smallest absolute Gasteiger partial charge is 0.231 e. The Morgan fingerprint density at radius 2 is 1.96 bits per heavy atom. The normalized spacial score (nSPS) is 15.4. The molecule has 1 aromatic carbocycles. The Hall–Kier alpha value is -2.25.